The maximum absolute atomic E-state index is 13.3. The minimum Gasteiger partial charge on any atom is -0.507 e. The first kappa shape index (κ1) is 26.7. The van der Waals surface area contributed by atoms with Crippen LogP contribution in [0.4, 0.5) is 0 Å². The van der Waals surface area contributed by atoms with Gasteiger partial charge in [-0.15, -0.1) is 0 Å². The lowest BCUT2D eigenvalue weighted by Crippen LogP contribution is -2.46. The van der Waals surface area contributed by atoms with Crippen LogP contribution in [0.1, 0.15) is 64.9 Å². The van der Waals surface area contributed by atoms with Crippen molar-refractivity contribution in [2.45, 2.75) is 71.7 Å². The quantitative estimate of drug-likeness (QED) is 0.266. The van der Waals surface area contributed by atoms with E-state index < -0.39 is 7.12 Å². The number of phenolic OH excluding ortho intramolecular Hbond substituents is 1. The molecule has 0 saturated carbocycles. The van der Waals surface area contributed by atoms with Crippen LogP contribution in [-0.2, 0) is 14.2 Å². The number of fused-ring (bicyclic) bond motifs is 4. The molecule has 0 bridgehead atoms. The van der Waals surface area contributed by atoms with E-state index in [1.54, 1.807) is 6.07 Å². The average molecular weight is 515 g/mol. The molecule has 1 aliphatic carbocycles. The van der Waals surface area contributed by atoms with Gasteiger partial charge in [-0.2, -0.15) is 0 Å². The lowest BCUT2D eigenvalue weighted by molar-refractivity contribution is -0.140. The van der Waals surface area contributed by atoms with Crippen LogP contribution in [0.3, 0.4) is 0 Å². The third-order valence-electron chi connectivity index (χ3n) is 8.58. The maximum atomic E-state index is 13.3. The lowest BCUT2D eigenvalue weighted by Gasteiger charge is -2.42. The van der Waals surface area contributed by atoms with Crippen LogP contribution >= 0.6 is 0 Å². The monoisotopic (exact) mass is 515 g/mol. The highest BCUT2D eigenvalue weighted by Crippen LogP contribution is 2.50. The zero-order valence-electron chi connectivity index (χ0n) is 22.7. The number of nitrogens with zero attached hydrogens (tertiary/aromatic N) is 1. The predicted molar refractivity (Wildman–Crippen MR) is 150 cm³/mol. The SMILES string of the molecule is CCC/C(=C\c1ccc(O)c2ccccc12)CC[C@H]1OB(O)C[C@H]2C1=C(C)C[C@H]1C(=O)N(CCC)C(=O)[C@H]12. The fourth-order valence-electron chi connectivity index (χ4n) is 6.99. The zero-order chi connectivity index (χ0) is 27.0. The van der Waals surface area contributed by atoms with E-state index in [0.29, 0.717) is 25.7 Å². The molecular weight excluding hydrogens is 477 g/mol. The number of amides is 2. The van der Waals surface area contributed by atoms with Gasteiger partial charge in [-0.3, -0.25) is 14.5 Å². The maximum Gasteiger partial charge on any atom is 0.455 e. The van der Waals surface area contributed by atoms with Gasteiger partial charge < -0.3 is 14.8 Å². The Hall–Kier alpha value is -2.90. The van der Waals surface area contributed by atoms with E-state index in [2.05, 4.69) is 19.9 Å². The molecule has 0 aromatic heterocycles. The van der Waals surface area contributed by atoms with Gasteiger partial charge in [0, 0.05) is 11.9 Å². The summed E-state index contributed by atoms with van der Waals surface area (Å²) in [4.78, 5) is 27.8. The van der Waals surface area contributed by atoms with E-state index in [-0.39, 0.29) is 41.4 Å². The fourth-order valence-corrected chi connectivity index (χ4v) is 6.99. The number of phenols is 1. The molecule has 6 nitrogen and oxygen atoms in total. The van der Waals surface area contributed by atoms with Crippen molar-refractivity contribution in [3.8, 4) is 5.75 Å². The number of carbonyl (C=O) groups is 2. The molecule has 200 valence electrons. The largest absolute Gasteiger partial charge is 0.507 e. The number of hydrogen-bond acceptors (Lipinski definition) is 5. The van der Waals surface area contributed by atoms with Gasteiger partial charge in [0.1, 0.15) is 5.75 Å². The summed E-state index contributed by atoms with van der Waals surface area (Å²) in [5.41, 5.74) is 4.63. The van der Waals surface area contributed by atoms with Crippen molar-refractivity contribution in [1.82, 2.24) is 4.90 Å². The molecular formula is C31H38BNO5. The average Bonchev–Trinajstić information content (AvgIpc) is 3.13. The summed E-state index contributed by atoms with van der Waals surface area (Å²) < 4.78 is 6.10. The smallest absolute Gasteiger partial charge is 0.455 e. The van der Waals surface area contributed by atoms with E-state index in [0.717, 1.165) is 53.2 Å². The van der Waals surface area contributed by atoms with Crippen LogP contribution in [0.25, 0.3) is 16.8 Å². The Morgan fingerprint density at radius 1 is 1.05 bits per heavy atom. The van der Waals surface area contributed by atoms with Crippen LogP contribution < -0.4 is 0 Å². The second kappa shape index (κ2) is 11.1. The highest BCUT2D eigenvalue weighted by atomic mass is 16.5. The molecule has 3 aliphatic rings. The lowest BCUT2D eigenvalue weighted by atomic mass is 9.58. The van der Waals surface area contributed by atoms with Gasteiger partial charge in [-0.1, -0.05) is 67.8 Å². The van der Waals surface area contributed by atoms with Crippen molar-refractivity contribution >= 4 is 35.8 Å². The van der Waals surface area contributed by atoms with Crippen LogP contribution in [0, 0.1) is 17.8 Å². The molecule has 2 aromatic carbocycles. The molecule has 2 aliphatic heterocycles. The third-order valence-corrected chi connectivity index (χ3v) is 8.58. The number of likely N-dealkylation sites (tertiary alicyclic amines) is 1. The van der Waals surface area contributed by atoms with E-state index in [1.165, 1.54) is 10.5 Å². The third kappa shape index (κ3) is 4.82. The molecule has 0 radical (unpaired) electrons. The number of hydrogen-bond donors (Lipinski definition) is 2. The van der Waals surface area contributed by atoms with Gasteiger partial charge >= 0.3 is 7.12 Å². The van der Waals surface area contributed by atoms with E-state index in [1.807, 2.05) is 37.3 Å². The highest BCUT2D eigenvalue weighted by Gasteiger charge is 2.56. The zero-order valence-corrected chi connectivity index (χ0v) is 22.7. The van der Waals surface area contributed by atoms with Crippen LogP contribution in [0.5, 0.6) is 5.75 Å². The van der Waals surface area contributed by atoms with Gasteiger partial charge in [0.2, 0.25) is 11.8 Å². The Labute approximate surface area is 225 Å². The number of imide groups is 1. The first-order valence-electron chi connectivity index (χ1n) is 14.1. The van der Waals surface area contributed by atoms with Gasteiger partial charge in [0.05, 0.1) is 17.9 Å². The Morgan fingerprint density at radius 2 is 1.82 bits per heavy atom. The van der Waals surface area contributed by atoms with E-state index in [9.17, 15) is 19.7 Å². The summed E-state index contributed by atoms with van der Waals surface area (Å²) in [7, 11) is -0.942. The van der Waals surface area contributed by atoms with E-state index in [4.69, 9.17) is 4.65 Å². The molecule has 2 amide bonds. The second-order valence-electron chi connectivity index (χ2n) is 11.1. The first-order valence-corrected chi connectivity index (χ1v) is 14.1. The Balaban J connectivity index is 1.41. The number of aromatic hydroxyl groups is 1. The summed E-state index contributed by atoms with van der Waals surface area (Å²) in [6, 6.07) is 11.6. The minimum atomic E-state index is -0.942. The predicted octanol–water partition coefficient (Wildman–Crippen LogP) is 5.74. The number of rotatable bonds is 8. The Kier molecular flexibility index (Phi) is 7.78. The van der Waals surface area contributed by atoms with Crippen molar-refractivity contribution in [2.24, 2.45) is 17.8 Å². The molecule has 2 saturated heterocycles. The van der Waals surface area contributed by atoms with Crippen LogP contribution in [0.2, 0.25) is 6.32 Å². The molecule has 4 atom stereocenters. The van der Waals surface area contributed by atoms with E-state index >= 15 is 0 Å². The van der Waals surface area contributed by atoms with Crippen molar-refractivity contribution in [3.05, 3.63) is 58.7 Å². The van der Waals surface area contributed by atoms with Crippen molar-refractivity contribution < 1.29 is 24.4 Å². The molecule has 0 unspecified atom stereocenters. The summed E-state index contributed by atoms with van der Waals surface area (Å²) in [5, 5.41) is 22.9. The van der Waals surface area contributed by atoms with Gasteiger partial charge in [0.25, 0.3) is 0 Å². The molecule has 7 heteroatoms. The van der Waals surface area contributed by atoms with Crippen molar-refractivity contribution in [1.29, 1.82) is 0 Å². The fraction of sp³-hybridized carbons (Fsp3) is 0.484. The highest BCUT2D eigenvalue weighted by molar-refractivity contribution is 6.43. The topological polar surface area (TPSA) is 87.1 Å². The second-order valence-corrected chi connectivity index (χ2v) is 11.1. The number of carbonyl (C=O) groups excluding carboxylic acids is 2. The van der Waals surface area contributed by atoms with Gasteiger partial charge in [-0.25, -0.2) is 0 Å². The van der Waals surface area contributed by atoms with Crippen molar-refractivity contribution in [2.75, 3.05) is 6.54 Å². The Morgan fingerprint density at radius 3 is 2.55 bits per heavy atom. The van der Waals surface area contributed by atoms with Crippen LogP contribution in [0.15, 0.2) is 53.1 Å². The summed E-state index contributed by atoms with van der Waals surface area (Å²) in [6.45, 7) is 6.68. The molecule has 2 aromatic rings. The number of benzene rings is 2. The standard InChI is InChI=1S/C31H38BNO5/c1-4-8-20(17-21-12-13-26(34)23-10-7-6-9-22(21)23)11-14-27-28-19(3)16-24-29(25(28)18-32(37)38-27)31(36)33(15-5-2)30(24)35/h6-7,9-10,12-13,17,24-25,27,29,34,37H,4-5,8,11,14-16,18H2,1-3H3/b20-17+/t24-,25+,27-,29-/m1/s1. The molecule has 5 rings (SSSR count). The number of allylic oxidation sites excluding steroid dienone is 2. The Bertz CT molecular complexity index is 1300. The van der Waals surface area contributed by atoms with Gasteiger partial charge in [-0.05, 0) is 73.9 Å². The summed E-state index contributed by atoms with van der Waals surface area (Å²) >= 11 is 0. The summed E-state index contributed by atoms with van der Waals surface area (Å²) in [6.07, 6.45) is 7.11. The van der Waals surface area contributed by atoms with Crippen molar-refractivity contribution in [3.63, 3.8) is 0 Å². The molecule has 38 heavy (non-hydrogen) atoms. The molecule has 0 spiro atoms. The van der Waals surface area contributed by atoms with Gasteiger partial charge in [0.15, 0.2) is 0 Å². The summed E-state index contributed by atoms with van der Waals surface area (Å²) in [5.74, 6) is -0.696. The molecule has 2 heterocycles. The minimum absolute atomic E-state index is 0.0490. The first-order chi connectivity index (χ1) is 18.3. The molecule has 2 N–H and O–H groups in total. The molecule has 2 fully saturated rings. The normalized spacial score (nSPS) is 25.8. The van der Waals surface area contributed by atoms with Crippen LogP contribution in [-0.4, -0.2) is 46.6 Å².